The molecule has 0 saturated carbocycles. The lowest BCUT2D eigenvalue weighted by atomic mass is 10.1. The molecule has 2 aliphatic rings. The molecule has 0 spiro atoms. The minimum atomic E-state index is -0.263. The molecule has 6 nitrogen and oxygen atoms in total. The molecule has 2 saturated heterocycles. The molecule has 4 rings (SSSR count). The summed E-state index contributed by atoms with van der Waals surface area (Å²) in [5, 5.41) is 2.70. The van der Waals surface area contributed by atoms with Gasteiger partial charge in [-0.25, -0.2) is 9.37 Å². The van der Waals surface area contributed by atoms with Gasteiger partial charge in [-0.2, -0.15) is 0 Å². The van der Waals surface area contributed by atoms with Crippen LogP contribution in [0.1, 0.15) is 19.5 Å². The predicted octanol–water partition coefficient (Wildman–Crippen LogP) is 2.89. The van der Waals surface area contributed by atoms with Crippen LogP contribution in [0.25, 0.3) is 10.6 Å². The molecule has 1 aromatic carbocycles. The van der Waals surface area contributed by atoms with E-state index in [4.69, 9.17) is 10.5 Å². The van der Waals surface area contributed by atoms with Crippen LogP contribution < -0.4 is 10.6 Å². The van der Waals surface area contributed by atoms with Gasteiger partial charge in [0.2, 0.25) is 0 Å². The number of likely N-dealkylation sites (N-methyl/N-ethyl adjacent to an activating group) is 1. The first kappa shape index (κ1) is 20.5. The third-order valence-corrected chi connectivity index (χ3v) is 7.01. The molecule has 2 fully saturated rings. The molecule has 1 aromatic heterocycles. The van der Waals surface area contributed by atoms with Crippen molar-refractivity contribution in [1.29, 1.82) is 0 Å². The van der Waals surface area contributed by atoms with Crippen molar-refractivity contribution in [3.05, 3.63) is 29.0 Å². The lowest BCUT2D eigenvalue weighted by Gasteiger charge is -2.43. The predicted molar refractivity (Wildman–Crippen MR) is 117 cm³/mol. The number of ether oxygens (including phenoxy) is 1. The Kier molecular flexibility index (Phi) is 6.06. The fourth-order valence-electron chi connectivity index (χ4n) is 4.11. The second-order valence-electron chi connectivity index (χ2n) is 8.19. The Morgan fingerprint density at radius 2 is 1.90 bits per heavy atom. The van der Waals surface area contributed by atoms with Gasteiger partial charge in [-0.15, -0.1) is 11.3 Å². The molecule has 2 aromatic rings. The Morgan fingerprint density at radius 3 is 2.59 bits per heavy atom. The number of nitrogens with zero attached hydrogens (tertiary/aromatic N) is 4. The minimum absolute atomic E-state index is 0.263. The maximum Gasteiger partial charge on any atom is 0.135 e. The minimum Gasteiger partial charge on any atom is -0.397 e. The van der Waals surface area contributed by atoms with E-state index in [1.54, 1.807) is 12.1 Å². The Balaban J connectivity index is 1.53. The third-order valence-electron chi connectivity index (χ3n) is 6.09. The number of nitrogen functional groups attached to an aromatic ring is 1. The molecule has 2 N–H and O–H groups in total. The number of benzene rings is 1. The highest BCUT2D eigenvalue weighted by Gasteiger charge is 2.28. The van der Waals surface area contributed by atoms with Crippen molar-refractivity contribution in [3.8, 4) is 10.6 Å². The highest BCUT2D eigenvalue weighted by Crippen LogP contribution is 2.35. The molecule has 2 unspecified atom stereocenters. The maximum absolute atomic E-state index is 15.1. The zero-order chi connectivity index (χ0) is 20.5. The topological polar surface area (TPSA) is 57.9 Å². The van der Waals surface area contributed by atoms with Gasteiger partial charge in [0.25, 0.3) is 0 Å². The van der Waals surface area contributed by atoms with E-state index in [9.17, 15) is 0 Å². The molecule has 0 amide bonds. The number of nitrogens with two attached hydrogens (primary N) is 1. The average molecular weight is 420 g/mol. The first-order valence-corrected chi connectivity index (χ1v) is 11.1. The zero-order valence-corrected chi connectivity index (χ0v) is 18.2. The second-order valence-corrected chi connectivity index (χ2v) is 9.05. The Labute approximate surface area is 176 Å². The number of hydrogen-bond donors (Lipinski definition) is 1. The van der Waals surface area contributed by atoms with Crippen LogP contribution in [0.3, 0.4) is 0 Å². The standard InChI is InChI=1S/C21H30FN5OS/c1-14-10-27(11-15(2)25(14)3)20-9-18(22)17(8-19(20)23)21-24-16(13-29-21)12-26-4-6-28-7-5-26/h8-9,13-15H,4-7,10-12,23H2,1-3H3. The molecular weight excluding hydrogens is 389 g/mol. The molecule has 0 aliphatic carbocycles. The molecule has 158 valence electrons. The zero-order valence-electron chi connectivity index (χ0n) is 17.4. The van der Waals surface area contributed by atoms with Crippen molar-refractivity contribution in [2.75, 3.05) is 57.1 Å². The van der Waals surface area contributed by atoms with Crippen LogP contribution in [0.2, 0.25) is 0 Å². The van der Waals surface area contributed by atoms with Crippen molar-refractivity contribution >= 4 is 22.7 Å². The van der Waals surface area contributed by atoms with E-state index in [1.165, 1.54) is 11.3 Å². The van der Waals surface area contributed by atoms with Gasteiger partial charge in [0.05, 0.1) is 30.3 Å². The Morgan fingerprint density at radius 1 is 1.21 bits per heavy atom. The number of piperazine rings is 1. The van der Waals surface area contributed by atoms with Gasteiger partial charge < -0.3 is 15.4 Å². The van der Waals surface area contributed by atoms with Crippen LogP contribution in [0.5, 0.6) is 0 Å². The highest BCUT2D eigenvalue weighted by molar-refractivity contribution is 7.13. The quantitative estimate of drug-likeness (QED) is 0.769. The number of anilines is 2. The van der Waals surface area contributed by atoms with Gasteiger partial charge in [-0.05, 0) is 27.0 Å². The lowest BCUT2D eigenvalue weighted by molar-refractivity contribution is 0.0337. The molecular formula is C21H30FN5OS. The van der Waals surface area contributed by atoms with Crippen molar-refractivity contribution in [2.45, 2.75) is 32.5 Å². The second kappa shape index (κ2) is 8.55. The molecule has 2 atom stereocenters. The van der Waals surface area contributed by atoms with Gasteiger partial charge in [0.1, 0.15) is 10.8 Å². The number of thiazole rings is 1. The van der Waals surface area contributed by atoms with Crippen LogP contribution >= 0.6 is 11.3 Å². The van der Waals surface area contributed by atoms with Gasteiger partial charge in [-0.1, -0.05) is 0 Å². The summed E-state index contributed by atoms with van der Waals surface area (Å²) in [6, 6.07) is 4.11. The highest BCUT2D eigenvalue weighted by atomic mass is 32.1. The summed E-state index contributed by atoms with van der Waals surface area (Å²) in [5.74, 6) is -0.263. The van der Waals surface area contributed by atoms with Crippen molar-refractivity contribution in [2.24, 2.45) is 0 Å². The van der Waals surface area contributed by atoms with Gasteiger partial charge in [0, 0.05) is 61.8 Å². The van der Waals surface area contributed by atoms with Crippen molar-refractivity contribution in [1.82, 2.24) is 14.8 Å². The molecule has 0 radical (unpaired) electrons. The van der Waals surface area contributed by atoms with Gasteiger partial charge >= 0.3 is 0 Å². The van der Waals surface area contributed by atoms with E-state index >= 15 is 4.39 Å². The van der Waals surface area contributed by atoms with E-state index in [-0.39, 0.29) is 5.82 Å². The Hall–Kier alpha value is -1.74. The summed E-state index contributed by atoms with van der Waals surface area (Å²) in [6.45, 7) is 10.2. The monoisotopic (exact) mass is 419 g/mol. The summed E-state index contributed by atoms with van der Waals surface area (Å²) < 4.78 is 20.4. The summed E-state index contributed by atoms with van der Waals surface area (Å²) in [6.07, 6.45) is 0. The number of hydrogen-bond acceptors (Lipinski definition) is 7. The molecule has 3 heterocycles. The van der Waals surface area contributed by atoms with E-state index in [2.05, 4.69) is 40.6 Å². The Bertz CT molecular complexity index is 842. The fraction of sp³-hybridized carbons (Fsp3) is 0.571. The van der Waals surface area contributed by atoms with Crippen LogP contribution in [0.15, 0.2) is 17.5 Å². The van der Waals surface area contributed by atoms with Gasteiger partial charge in [-0.3, -0.25) is 9.80 Å². The fourth-order valence-corrected chi connectivity index (χ4v) is 4.94. The molecule has 29 heavy (non-hydrogen) atoms. The molecule has 8 heteroatoms. The van der Waals surface area contributed by atoms with Crippen molar-refractivity contribution < 1.29 is 9.13 Å². The number of aromatic nitrogens is 1. The third kappa shape index (κ3) is 4.40. The van der Waals surface area contributed by atoms with E-state index in [1.807, 2.05) is 5.38 Å². The number of rotatable bonds is 4. The molecule has 2 aliphatic heterocycles. The number of halogens is 1. The average Bonchev–Trinajstić information content (AvgIpc) is 3.16. The number of morpholine rings is 1. The molecule has 0 bridgehead atoms. The SMILES string of the molecule is CC1CN(c2cc(F)c(-c3nc(CN4CCOCC4)cs3)cc2N)CC(C)N1C. The van der Waals surface area contributed by atoms with Gasteiger partial charge in [0.15, 0.2) is 0 Å². The first-order valence-electron chi connectivity index (χ1n) is 10.2. The van der Waals surface area contributed by atoms with E-state index < -0.39 is 0 Å². The summed E-state index contributed by atoms with van der Waals surface area (Å²) >= 11 is 1.47. The van der Waals surface area contributed by atoms with Crippen LogP contribution in [-0.2, 0) is 11.3 Å². The first-order chi connectivity index (χ1) is 13.9. The largest absolute Gasteiger partial charge is 0.397 e. The lowest BCUT2D eigenvalue weighted by Crippen LogP contribution is -2.55. The normalized spacial score (nSPS) is 24.2. The smallest absolute Gasteiger partial charge is 0.135 e. The maximum atomic E-state index is 15.1. The van der Waals surface area contributed by atoms with Crippen LogP contribution in [0.4, 0.5) is 15.8 Å². The van der Waals surface area contributed by atoms with E-state index in [0.717, 1.165) is 57.3 Å². The summed E-state index contributed by atoms with van der Waals surface area (Å²) in [5.41, 5.74) is 9.21. The summed E-state index contributed by atoms with van der Waals surface area (Å²) in [7, 11) is 2.14. The summed E-state index contributed by atoms with van der Waals surface area (Å²) in [4.78, 5) is 11.5. The van der Waals surface area contributed by atoms with Crippen molar-refractivity contribution in [3.63, 3.8) is 0 Å². The van der Waals surface area contributed by atoms with Crippen LogP contribution in [-0.4, -0.2) is 73.3 Å². The van der Waals surface area contributed by atoms with Crippen LogP contribution in [0, 0.1) is 5.82 Å². The van der Waals surface area contributed by atoms with E-state index in [0.29, 0.717) is 28.3 Å².